The quantitative estimate of drug-likeness (QED) is 0.0338. The molecule has 4 aromatic rings. The SMILES string of the molecule is COc1ccc(COc2ccc(C(=O)N3CCC([N+](C)(C)CC4=CN5C(=O)[C@@H](NC(=O)/C(=N\O)c6csc(NC(=O)OC(C)(C)C)n6)[C@H]5SC4)CC3)c(Cl)c2OCc2ccc(OC)cc2)cc1. The van der Waals surface area contributed by atoms with E-state index in [0.29, 0.717) is 41.2 Å². The molecule has 2 saturated heterocycles. The van der Waals surface area contributed by atoms with E-state index in [-0.39, 0.29) is 58.0 Å². The number of quaternary nitrogens is 1. The van der Waals surface area contributed by atoms with E-state index in [9.17, 15) is 24.4 Å². The molecule has 67 heavy (non-hydrogen) atoms. The van der Waals surface area contributed by atoms with Crippen LogP contribution in [0.15, 0.2) is 83.0 Å². The average molecular weight is 978 g/mol. The highest BCUT2D eigenvalue weighted by Gasteiger charge is 2.50. The Morgan fingerprint density at radius 2 is 1.57 bits per heavy atom. The first-order valence-electron chi connectivity index (χ1n) is 21.5. The Morgan fingerprint density at radius 1 is 0.940 bits per heavy atom. The lowest BCUT2D eigenvalue weighted by atomic mass is 9.99. The first-order chi connectivity index (χ1) is 32.0. The van der Waals surface area contributed by atoms with Crippen LogP contribution < -0.4 is 29.6 Å². The summed E-state index contributed by atoms with van der Waals surface area (Å²) in [5.41, 5.74) is 2.12. The van der Waals surface area contributed by atoms with Crippen LogP contribution in [0.4, 0.5) is 9.93 Å². The predicted octanol–water partition coefficient (Wildman–Crippen LogP) is 7.16. The number of carbonyl (C=O) groups is 4. The van der Waals surface area contributed by atoms with Crippen molar-refractivity contribution in [3.05, 3.63) is 105 Å². The first-order valence-corrected chi connectivity index (χ1v) is 23.9. The van der Waals surface area contributed by atoms with Crippen molar-refractivity contribution in [2.24, 2.45) is 5.16 Å². The van der Waals surface area contributed by atoms with E-state index in [1.165, 1.54) is 5.38 Å². The summed E-state index contributed by atoms with van der Waals surface area (Å²) in [6.07, 6.45) is 2.67. The number of rotatable bonds is 16. The molecule has 4 amide bonds. The van der Waals surface area contributed by atoms with Gasteiger partial charge in [-0.25, -0.2) is 9.78 Å². The fraction of sp³-hybridized carbons (Fsp3) is 0.404. The topological polar surface area (TPSA) is 190 Å². The molecular weight excluding hydrogens is 922 g/mol. The van der Waals surface area contributed by atoms with Crippen LogP contribution in [-0.4, -0.2) is 131 Å². The molecule has 0 unspecified atom stereocenters. The van der Waals surface area contributed by atoms with Gasteiger partial charge in [-0.2, -0.15) is 0 Å². The molecule has 1 aromatic heterocycles. The lowest BCUT2D eigenvalue weighted by molar-refractivity contribution is -0.911. The molecule has 0 aliphatic carbocycles. The summed E-state index contributed by atoms with van der Waals surface area (Å²) >= 11 is 9.61. The van der Waals surface area contributed by atoms with Crippen molar-refractivity contribution in [3.8, 4) is 23.0 Å². The van der Waals surface area contributed by atoms with Crippen LogP contribution in [0.5, 0.6) is 23.0 Å². The summed E-state index contributed by atoms with van der Waals surface area (Å²) in [4.78, 5) is 60.5. The number of carbonyl (C=O) groups excluding carboxylic acids is 4. The number of nitrogens with zero attached hydrogens (tertiary/aromatic N) is 5. The number of thioether (sulfide) groups is 1. The van der Waals surface area contributed by atoms with Crippen molar-refractivity contribution in [2.45, 2.75) is 69.9 Å². The maximum atomic E-state index is 14.1. The smallest absolute Gasteiger partial charge is 0.413 e. The second-order valence-electron chi connectivity index (χ2n) is 17.8. The number of anilines is 1. The molecule has 17 nitrogen and oxygen atoms in total. The van der Waals surface area contributed by atoms with E-state index < -0.39 is 29.4 Å². The zero-order chi connectivity index (χ0) is 48.0. The van der Waals surface area contributed by atoms with Gasteiger partial charge in [0.05, 0.1) is 44.9 Å². The molecule has 20 heteroatoms. The molecule has 0 bridgehead atoms. The second kappa shape index (κ2) is 20.9. The van der Waals surface area contributed by atoms with E-state index in [4.69, 9.17) is 35.3 Å². The van der Waals surface area contributed by atoms with Gasteiger partial charge in [-0.05, 0) is 68.3 Å². The summed E-state index contributed by atoms with van der Waals surface area (Å²) in [7, 11) is 7.55. The van der Waals surface area contributed by atoms with Crippen LogP contribution in [0.2, 0.25) is 5.02 Å². The first kappa shape index (κ1) is 48.9. The number of piperidine rings is 1. The lowest BCUT2D eigenvalue weighted by Gasteiger charge is -2.48. The van der Waals surface area contributed by atoms with Crippen molar-refractivity contribution in [3.63, 3.8) is 0 Å². The van der Waals surface area contributed by atoms with Gasteiger partial charge in [-0.1, -0.05) is 41.0 Å². The van der Waals surface area contributed by atoms with Crippen LogP contribution >= 0.6 is 34.7 Å². The highest BCUT2D eigenvalue weighted by molar-refractivity contribution is 8.00. The number of likely N-dealkylation sites (N-methyl/N-ethyl adjacent to an activating group) is 1. The van der Waals surface area contributed by atoms with Crippen LogP contribution in [0.25, 0.3) is 0 Å². The van der Waals surface area contributed by atoms with Crippen molar-refractivity contribution >= 4 is 69.4 Å². The third-order valence-corrected chi connectivity index (χ3v) is 14.0. The Morgan fingerprint density at radius 3 is 2.16 bits per heavy atom. The minimum atomic E-state index is -0.831. The number of thiazole rings is 1. The number of aromatic nitrogens is 1. The minimum Gasteiger partial charge on any atom is -0.497 e. The second-order valence-corrected chi connectivity index (χ2v) is 20.1. The van der Waals surface area contributed by atoms with E-state index in [1.54, 1.807) is 63.8 Å². The van der Waals surface area contributed by atoms with Gasteiger partial charge in [-0.15, -0.1) is 23.1 Å². The van der Waals surface area contributed by atoms with Crippen LogP contribution in [0.1, 0.15) is 60.8 Å². The molecule has 3 N–H and O–H groups in total. The Hall–Kier alpha value is -6.02. The highest BCUT2D eigenvalue weighted by Crippen LogP contribution is 2.41. The molecule has 2 atom stereocenters. The van der Waals surface area contributed by atoms with Gasteiger partial charge >= 0.3 is 6.09 Å². The standard InChI is InChI=1S/C47H54ClN7O10S2/c1-47(2,3)65-46(59)51-45-49-35(27-67-45)38(52-60)41(56)50-39-43(58)54-22-30(26-66-44(39)54)23-55(4,5)31-18-20-53(21-19-31)42(57)34-16-17-36(63-24-28-8-12-32(61-6)13-9-28)40(37(34)48)64-25-29-10-14-33(62-7)15-11-29/h8-17,22,27,31,39,44H,18-21,23-26H2,1-7H3,(H2-,49,50,51,56,59,60)/p+1/t39-,44-/m1/s1. The molecule has 4 heterocycles. The number of oxime groups is 1. The number of methoxy groups -OCH3 is 2. The van der Waals surface area contributed by atoms with Crippen LogP contribution in [-0.2, 0) is 27.5 Å². The van der Waals surface area contributed by atoms with Gasteiger partial charge in [-0.3, -0.25) is 19.7 Å². The Balaban J connectivity index is 0.937. The fourth-order valence-electron chi connectivity index (χ4n) is 8.00. The maximum Gasteiger partial charge on any atom is 0.413 e. The number of likely N-dealkylation sites (tertiary alicyclic amines) is 1. The van der Waals surface area contributed by atoms with Crippen molar-refractivity contribution in [1.82, 2.24) is 20.1 Å². The number of halogens is 1. The van der Waals surface area contributed by atoms with Gasteiger partial charge in [0.15, 0.2) is 22.3 Å². The average Bonchev–Trinajstić information content (AvgIpc) is 3.76. The van der Waals surface area contributed by atoms with Gasteiger partial charge in [0.1, 0.15) is 54.0 Å². The number of hydrogen-bond donors (Lipinski definition) is 3. The number of hydrogen-bond acceptors (Lipinski definition) is 14. The minimum absolute atomic E-state index is 0.0267. The fourth-order valence-corrected chi connectivity index (χ4v) is 10.2. The highest BCUT2D eigenvalue weighted by atomic mass is 35.5. The van der Waals surface area contributed by atoms with Gasteiger partial charge in [0.25, 0.3) is 17.7 Å². The van der Waals surface area contributed by atoms with E-state index >= 15 is 0 Å². The molecule has 3 aliphatic heterocycles. The zero-order valence-corrected chi connectivity index (χ0v) is 40.8. The Kier molecular flexibility index (Phi) is 15.2. The molecule has 356 valence electrons. The summed E-state index contributed by atoms with van der Waals surface area (Å²) in [6, 6.07) is 17.9. The summed E-state index contributed by atoms with van der Waals surface area (Å²) in [5, 5.41) is 19.5. The monoisotopic (exact) mass is 976 g/mol. The van der Waals surface area contributed by atoms with Crippen molar-refractivity contribution in [2.75, 3.05) is 59.0 Å². The van der Waals surface area contributed by atoms with E-state index in [0.717, 1.165) is 52.4 Å². The van der Waals surface area contributed by atoms with Crippen molar-refractivity contribution in [1.29, 1.82) is 0 Å². The third kappa shape index (κ3) is 11.8. The van der Waals surface area contributed by atoms with Crippen molar-refractivity contribution < 1.29 is 52.6 Å². The molecule has 0 spiro atoms. The molecule has 7 rings (SSSR count). The summed E-state index contributed by atoms with van der Waals surface area (Å²) in [5.74, 6) is 1.55. The summed E-state index contributed by atoms with van der Waals surface area (Å²) in [6.45, 7) is 7.35. The lowest BCUT2D eigenvalue weighted by Crippen LogP contribution is -2.69. The number of β-lactam (4-membered cyclic amide) rings is 1. The molecule has 3 aliphatic rings. The van der Waals surface area contributed by atoms with Gasteiger partial charge in [0, 0.05) is 48.8 Å². The van der Waals surface area contributed by atoms with Gasteiger partial charge < -0.3 is 48.5 Å². The Bertz CT molecular complexity index is 2520. The van der Waals surface area contributed by atoms with E-state index in [2.05, 4.69) is 34.9 Å². The van der Waals surface area contributed by atoms with E-state index in [1.807, 2.05) is 59.6 Å². The number of amides is 4. The molecule has 0 saturated carbocycles. The van der Waals surface area contributed by atoms with Gasteiger partial charge in [0.2, 0.25) is 0 Å². The predicted molar refractivity (Wildman–Crippen MR) is 255 cm³/mol. The normalized spacial score (nSPS) is 17.7. The van der Waals surface area contributed by atoms with Crippen LogP contribution in [0.3, 0.4) is 0 Å². The number of ether oxygens (including phenoxy) is 5. The number of nitrogens with one attached hydrogen (secondary N) is 2. The summed E-state index contributed by atoms with van der Waals surface area (Å²) < 4.78 is 29.0. The number of fused-ring (bicyclic) bond motifs is 1. The zero-order valence-electron chi connectivity index (χ0n) is 38.4. The van der Waals surface area contributed by atoms with Crippen LogP contribution in [0, 0.1) is 0 Å². The third-order valence-electron chi connectivity index (χ3n) is 11.5. The molecule has 2 fully saturated rings. The Labute approximate surface area is 402 Å². The maximum absolute atomic E-state index is 14.1. The molecular formula is C47H55ClN7O10S2+. The molecule has 0 radical (unpaired) electrons. The molecule has 3 aromatic carbocycles. The number of benzene rings is 3. The largest absolute Gasteiger partial charge is 0.497 e.